The van der Waals surface area contributed by atoms with Crippen LogP contribution in [0.3, 0.4) is 0 Å². The lowest BCUT2D eigenvalue weighted by Crippen LogP contribution is -2.30. The van der Waals surface area contributed by atoms with Crippen LogP contribution in [-0.2, 0) is 9.53 Å². The number of nitrogen functional groups attached to an aromatic ring is 1. The summed E-state index contributed by atoms with van der Waals surface area (Å²) in [4.78, 5) is 34.4. The highest BCUT2D eigenvalue weighted by molar-refractivity contribution is 5.97. The van der Waals surface area contributed by atoms with E-state index in [2.05, 4.69) is 5.32 Å². The summed E-state index contributed by atoms with van der Waals surface area (Å²) in [5.41, 5.74) is 5.39. The highest BCUT2D eigenvalue weighted by atomic mass is 16.6. The third-order valence-electron chi connectivity index (χ3n) is 3.45. The first kappa shape index (κ1) is 18.7. The second-order valence-corrected chi connectivity index (χ2v) is 5.30. The number of anilines is 2. The molecule has 0 saturated heterocycles. The Hall–Kier alpha value is -3.62. The van der Waals surface area contributed by atoms with E-state index in [9.17, 15) is 19.7 Å². The Labute approximate surface area is 148 Å². The third kappa shape index (κ3) is 4.47. The van der Waals surface area contributed by atoms with Crippen LogP contribution in [0.15, 0.2) is 42.5 Å². The summed E-state index contributed by atoms with van der Waals surface area (Å²) < 4.78 is 10.1. The van der Waals surface area contributed by atoms with E-state index in [0.717, 1.165) is 6.07 Å². The fourth-order valence-corrected chi connectivity index (χ4v) is 2.06. The Bertz CT molecular complexity index is 852. The van der Waals surface area contributed by atoms with Crippen molar-refractivity contribution in [2.45, 2.75) is 13.0 Å². The van der Waals surface area contributed by atoms with E-state index in [1.165, 1.54) is 26.2 Å². The Morgan fingerprint density at radius 2 is 1.96 bits per heavy atom. The number of carbonyl (C=O) groups is 2. The standard InChI is InChI=1S/C17H17N3O6/c1-10(16(21)19-12-4-3-5-13(9-12)25-2)26-17(22)11-6-7-14(18)15(8-11)20(23)24/h3-10H,18H2,1-2H3,(H,19,21)/t10-/m0/s1. The van der Waals surface area contributed by atoms with Gasteiger partial charge in [0.2, 0.25) is 0 Å². The van der Waals surface area contributed by atoms with Crippen molar-refractivity contribution >= 4 is 28.9 Å². The zero-order valence-electron chi connectivity index (χ0n) is 14.1. The van der Waals surface area contributed by atoms with Gasteiger partial charge in [-0.3, -0.25) is 14.9 Å². The van der Waals surface area contributed by atoms with Gasteiger partial charge in [-0.2, -0.15) is 0 Å². The molecule has 9 heteroatoms. The molecule has 0 aromatic heterocycles. The number of nitro groups is 1. The van der Waals surface area contributed by atoms with Gasteiger partial charge in [-0.15, -0.1) is 0 Å². The molecular formula is C17H17N3O6. The van der Waals surface area contributed by atoms with Crippen LogP contribution in [0.2, 0.25) is 0 Å². The van der Waals surface area contributed by atoms with Crippen molar-refractivity contribution in [3.63, 3.8) is 0 Å². The van der Waals surface area contributed by atoms with E-state index in [-0.39, 0.29) is 11.3 Å². The van der Waals surface area contributed by atoms with Crippen LogP contribution < -0.4 is 15.8 Å². The number of rotatable bonds is 6. The van der Waals surface area contributed by atoms with Crippen LogP contribution in [0.25, 0.3) is 0 Å². The first-order valence-corrected chi connectivity index (χ1v) is 7.51. The zero-order valence-corrected chi connectivity index (χ0v) is 14.1. The fourth-order valence-electron chi connectivity index (χ4n) is 2.06. The number of ether oxygens (including phenoxy) is 2. The number of carbonyl (C=O) groups excluding carboxylic acids is 2. The van der Waals surface area contributed by atoms with Gasteiger partial charge in [0, 0.05) is 17.8 Å². The lowest BCUT2D eigenvalue weighted by molar-refractivity contribution is -0.383. The molecule has 0 heterocycles. The van der Waals surface area contributed by atoms with Crippen LogP contribution in [0.1, 0.15) is 17.3 Å². The van der Waals surface area contributed by atoms with E-state index < -0.39 is 28.6 Å². The highest BCUT2D eigenvalue weighted by Crippen LogP contribution is 2.23. The summed E-state index contributed by atoms with van der Waals surface area (Å²) in [6.45, 7) is 1.39. The maximum Gasteiger partial charge on any atom is 0.339 e. The van der Waals surface area contributed by atoms with Crippen LogP contribution in [0.5, 0.6) is 5.75 Å². The molecule has 0 fully saturated rings. The van der Waals surface area contributed by atoms with Crippen molar-refractivity contribution in [1.82, 2.24) is 0 Å². The number of amides is 1. The maximum absolute atomic E-state index is 12.2. The van der Waals surface area contributed by atoms with Gasteiger partial charge >= 0.3 is 5.97 Å². The predicted molar refractivity (Wildman–Crippen MR) is 94.0 cm³/mol. The second-order valence-electron chi connectivity index (χ2n) is 5.30. The Balaban J connectivity index is 2.05. The Morgan fingerprint density at radius 1 is 1.23 bits per heavy atom. The molecule has 0 aliphatic heterocycles. The van der Waals surface area contributed by atoms with Crippen molar-refractivity contribution < 1.29 is 24.0 Å². The summed E-state index contributed by atoms with van der Waals surface area (Å²) in [5.74, 6) is -0.875. The Morgan fingerprint density at radius 3 is 2.62 bits per heavy atom. The van der Waals surface area contributed by atoms with E-state index in [0.29, 0.717) is 11.4 Å². The van der Waals surface area contributed by atoms with Crippen molar-refractivity contribution in [3.8, 4) is 5.75 Å². The number of benzene rings is 2. The minimum Gasteiger partial charge on any atom is -0.497 e. The van der Waals surface area contributed by atoms with Gasteiger partial charge in [-0.05, 0) is 31.2 Å². The van der Waals surface area contributed by atoms with Gasteiger partial charge in [0.25, 0.3) is 11.6 Å². The van der Waals surface area contributed by atoms with Gasteiger partial charge in [-0.25, -0.2) is 4.79 Å². The quantitative estimate of drug-likeness (QED) is 0.350. The number of nitrogens with one attached hydrogen (secondary N) is 1. The van der Waals surface area contributed by atoms with Crippen LogP contribution in [0.4, 0.5) is 17.1 Å². The monoisotopic (exact) mass is 359 g/mol. The van der Waals surface area contributed by atoms with Gasteiger partial charge in [-0.1, -0.05) is 6.07 Å². The maximum atomic E-state index is 12.2. The molecule has 1 amide bonds. The van der Waals surface area contributed by atoms with Crippen molar-refractivity contribution in [2.75, 3.05) is 18.2 Å². The molecule has 0 aliphatic rings. The molecule has 136 valence electrons. The van der Waals surface area contributed by atoms with Crippen molar-refractivity contribution in [2.24, 2.45) is 0 Å². The molecule has 2 aromatic carbocycles. The first-order valence-electron chi connectivity index (χ1n) is 7.51. The highest BCUT2D eigenvalue weighted by Gasteiger charge is 2.21. The lowest BCUT2D eigenvalue weighted by atomic mass is 10.2. The average molecular weight is 359 g/mol. The Kier molecular flexibility index (Phi) is 5.74. The summed E-state index contributed by atoms with van der Waals surface area (Å²) in [7, 11) is 1.50. The largest absolute Gasteiger partial charge is 0.497 e. The summed E-state index contributed by atoms with van der Waals surface area (Å²) in [5, 5.41) is 13.5. The molecule has 2 aromatic rings. The lowest BCUT2D eigenvalue weighted by Gasteiger charge is -2.14. The van der Waals surface area contributed by atoms with E-state index in [1.807, 2.05) is 0 Å². The van der Waals surface area contributed by atoms with Gasteiger partial charge < -0.3 is 20.5 Å². The third-order valence-corrected chi connectivity index (χ3v) is 3.45. The molecule has 1 atom stereocenters. The number of hydrogen-bond donors (Lipinski definition) is 2. The topological polar surface area (TPSA) is 134 Å². The zero-order chi connectivity index (χ0) is 19.3. The number of methoxy groups -OCH3 is 1. The van der Waals surface area contributed by atoms with Gasteiger partial charge in [0.15, 0.2) is 6.10 Å². The first-order chi connectivity index (χ1) is 12.3. The minimum absolute atomic E-state index is 0.0737. The van der Waals surface area contributed by atoms with Gasteiger partial charge in [0.1, 0.15) is 11.4 Å². The molecule has 0 bridgehead atoms. The molecular weight excluding hydrogens is 342 g/mol. The van der Waals surface area contributed by atoms with Crippen LogP contribution in [0, 0.1) is 10.1 Å². The molecule has 0 aliphatic carbocycles. The predicted octanol–water partition coefficient (Wildman–Crippen LogP) is 2.37. The normalized spacial score (nSPS) is 11.3. The number of nitro benzene ring substituents is 1. The van der Waals surface area contributed by atoms with Crippen LogP contribution >= 0.6 is 0 Å². The molecule has 9 nitrogen and oxygen atoms in total. The minimum atomic E-state index is -1.12. The molecule has 0 saturated carbocycles. The summed E-state index contributed by atoms with van der Waals surface area (Å²) >= 11 is 0. The molecule has 2 rings (SSSR count). The molecule has 26 heavy (non-hydrogen) atoms. The van der Waals surface area contributed by atoms with Crippen molar-refractivity contribution in [3.05, 3.63) is 58.1 Å². The van der Waals surface area contributed by atoms with E-state index >= 15 is 0 Å². The molecule has 3 N–H and O–H groups in total. The van der Waals surface area contributed by atoms with Crippen LogP contribution in [-0.4, -0.2) is 30.0 Å². The van der Waals surface area contributed by atoms with E-state index in [4.69, 9.17) is 15.2 Å². The number of nitrogens with zero attached hydrogens (tertiary/aromatic N) is 1. The smallest absolute Gasteiger partial charge is 0.339 e. The number of hydrogen-bond acceptors (Lipinski definition) is 7. The molecule has 0 spiro atoms. The summed E-state index contributed by atoms with van der Waals surface area (Å²) in [6.07, 6.45) is -1.12. The SMILES string of the molecule is COc1cccc(NC(=O)[C@H](C)OC(=O)c2ccc(N)c([N+](=O)[O-])c2)c1. The average Bonchev–Trinajstić information content (AvgIpc) is 2.61. The van der Waals surface area contributed by atoms with Gasteiger partial charge in [0.05, 0.1) is 17.6 Å². The van der Waals surface area contributed by atoms with E-state index in [1.54, 1.807) is 24.3 Å². The summed E-state index contributed by atoms with van der Waals surface area (Å²) in [6, 6.07) is 10.2. The fraction of sp³-hybridized carbons (Fsp3) is 0.176. The van der Waals surface area contributed by atoms with Crippen molar-refractivity contribution in [1.29, 1.82) is 0 Å². The number of nitrogens with two attached hydrogens (primary N) is 1. The second kappa shape index (κ2) is 7.97. The number of esters is 1. The molecule has 0 radical (unpaired) electrons. The molecule has 0 unspecified atom stereocenters.